The number of rotatable bonds is 6. The van der Waals surface area contributed by atoms with Crippen LogP contribution in [0.3, 0.4) is 0 Å². The molecule has 0 aromatic heterocycles. The normalized spacial score (nSPS) is 16.5. The molecule has 1 aliphatic rings. The van der Waals surface area contributed by atoms with E-state index in [1.807, 2.05) is 6.92 Å². The third kappa shape index (κ3) is 3.99. The Morgan fingerprint density at radius 3 is 2.62 bits per heavy atom. The number of hydrogen-bond acceptors (Lipinski definition) is 5. The van der Waals surface area contributed by atoms with Crippen LogP contribution in [0.4, 0.5) is 5.69 Å². The first-order valence-electron chi connectivity index (χ1n) is 6.86. The van der Waals surface area contributed by atoms with E-state index in [0.717, 1.165) is 0 Å². The molecular formula is C13H21N3O4S. The molecule has 0 aliphatic carbocycles. The first kappa shape index (κ1) is 15.9. The van der Waals surface area contributed by atoms with Crippen molar-refractivity contribution in [2.45, 2.75) is 6.92 Å². The highest BCUT2D eigenvalue weighted by Crippen LogP contribution is 2.30. The third-order valence-electron chi connectivity index (χ3n) is 3.13. The molecule has 1 aromatic rings. The van der Waals surface area contributed by atoms with Crippen LogP contribution in [0, 0.1) is 0 Å². The predicted molar refractivity (Wildman–Crippen MR) is 81.1 cm³/mol. The summed E-state index contributed by atoms with van der Waals surface area (Å²) >= 11 is 0. The Kier molecular flexibility index (Phi) is 5.27. The maximum atomic E-state index is 12.3. The number of benzene rings is 1. The Morgan fingerprint density at radius 1 is 1.29 bits per heavy atom. The molecule has 1 aromatic carbocycles. The first-order valence-corrected chi connectivity index (χ1v) is 8.30. The van der Waals surface area contributed by atoms with Crippen LogP contribution in [0.1, 0.15) is 6.92 Å². The van der Waals surface area contributed by atoms with Gasteiger partial charge in [-0.15, -0.1) is 0 Å². The fourth-order valence-corrected chi connectivity index (χ4v) is 3.32. The van der Waals surface area contributed by atoms with Gasteiger partial charge >= 0.3 is 10.2 Å². The van der Waals surface area contributed by atoms with Gasteiger partial charge in [-0.05, 0) is 19.1 Å². The lowest BCUT2D eigenvalue weighted by atomic mass is 10.3. The number of nitrogens with one attached hydrogen (secondary N) is 2. The summed E-state index contributed by atoms with van der Waals surface area (Å²) in [6, 6.07) is 4.96. The van der Waals surface area contributed by atoms with Gasteiger partial charge in [0.1, 0.15) is 0 Å². The van der Waals surface area contributed by atoms with Gasteiger partial charge < -0.3 is 14.8 Å². The molecule has 1 saturated heterocycles. The molecule has 0 amide bonds. The van der Waals surface area contributed by atoms with Gasteiger partial charge in [0.05, 0.1) is 19.4 Å². The molecule has 8 heteroatoms. The lowest BCUT2D eigenvalue weighted by Gasteiger charge is -2.27. The van der Waals surface area contributed by atoms with Gasteiger partial charge in [-0.3, -0.25) is 4.72 Å². The summed E-state index contributed by atoms with van der Waals surface area (Å²) < 4.78 is 39.2. The highest BCUT2D eigenvalue weighted by molar-refractivity contribution is 7.90. The Labute approximate surface area is 125 Å². The standard InChI is InChI=1S/C13H21N3O4S/c1-3-20-13-10-11(4-5-12(13)19-2)15-21(17,18)16-8-6-14-7-9-16/h4-5,10,14-15H,3,6-9H2,1-2H3. The molecule has 2 rings (SSSR count). The summed E-state index contributed by atoms with van der Waals surface area (Å²) in [7, 11) is -2.00. The molecule has 21 heavy (non-hydrogen) atoms. The van der Waals surface area contributed by atoms with Crippen molar-refractivity contribution in [3.05, 3.63) is 18.2 Å². The molecule has 1 heterocycles. The summed E-state index contributed by atoms with van der Waals surface area (Å²) in [5, 5.41) is 3.12. The zero-order valence-electron chi connectivity index (χ0n) is 12.3. The van der Waals surface area contributed by atoms with Gasteiger partial charge in [-0.2, -0.15) is 12.7 Å². The van der Waals surface area contributed by atoms with Crippen molar-refractivity contribution in [1.82, 2.24) is 9.62 Å². The molecule has 2 N–H and O–H groups in total. The van der Waals surface area contributed by atoms with E-state index in [9.17, 15) is 8.42 Å². The van der Waals surface area contributed by atoms with Crippen LogP contribution in [0.25, 0.3) is 0 Å². The average Bonchev–Trinajstić information content (AvgIpc) is 2.48. The predicted octanol–water partition coefficient (Wildman–Crippen LogP) is 0.656. The highest BCUT2D eigenvalue weighted by atomic mass is 32.2. The molecule has 1 aliphatic heterocycles. The molecule has 0 radical (unpaired) electrons. The van der Waals surface area contributed by atoms with Crippen molar-refractivity contribution in [3.63, 3.8) is 0 Å². The molecule has 0 unspecified atom stereocenters. The summed E-state index contributed by atoms with van der Waals surface area (Å²) in [6.07, 6.45) is 0. The molecule has 0 bridgehead atoms. The third-order valence-corrected chi connectivity index (χ3v) is 4.66. The Hall–Kier alpha value is -1.51. The van der Waals surface area contributed by atoms with Gasteiger partial charge in [-0.1, -0.05) is 0 Å². The van der Waals surface area contributed by atoms with Crippen molar-refractivity contribution in [2.24, 2.45) is 0 Å². The minimum atomic E-state index is -3.54. The Morgan fingerprint density at radius 2 is 2.00 bits per heavy atom. The zero-order chi connectivity index (χ0) is 15.3. The zero-order valence-corrected chi connectivity index (χ0v) is 13.1. The fraction of sp³-hybridized carbons (Fsp3) is 0.538. The number of piperazine rings is 1. The maximum absolute atomic E-state index is 12.3. The largest absolute Gasteiger partial charge is 0.493 e. The lowest BCUT2D eigenvalue weighted by Crippen LogP contribution is -2.48. The van der Waals surface area contributed by atoms with E-state index in [-0.39, 0.29) is 0 Å². The molecular weight excluding hydrogens is 294 g/mol. The van der Waals surface area contributed by atoms with Gasteiger partial charge in [0.2, 0.25) is 0 Å². The Bertz CT molecular complexity index is 571. The summed E-state index contributed by atoms with van der Waals surface area (Å²) in [6.45, 7) is 4.58. The minimum absolute atomic E-state index is 0.456. The number of ether oxygens (including phenoxy) is 2. The number of methoxy groups -OCH3 is 1. The number of anilines is 1. The second kappa shape index (κ2) is 6.97. The van der Waals surface area contributed by atoms with Crippen LogP contribution < -0.4 is 19.5 Å². The van der Waals surface area contributed by atoms with Crippen molar-refractivity contribution >= 4 is 15.9 Å². The molecule has 0 spiro atoms. The Balaban J connectivity index is 2.16. The van der Waals surface area contributed by atoms with E-state index >= 15 is 0 Å². The first-order chi connectivity index (χ1) is 10.1. The van der Waals surface area contributed by atoms with Crippen molar-refractivity contribution in [2.75, 3.05) is 44.6 Å². The molecule has 0 saturated carbocycles. The second-order valence-corrected chi connectivity index (χ2v) is 6.23. The van der Waals surface area contributed by atoms with E-state index in [2.05, 4.69) is 10.0 Å². The van der Waals surface area contributed by atoms with Crippen molar-refractivity contribution in [3.8, 4) is 11.5 Å². The molecule has 1 fully saturated rings. The number of hydrogen-bond donors (Lipinski definition) is 2. The van der Waals surface area contributed by atoms with Gasteiger partial charge in [0, 0.05) is 32.2 Å². The second-order valence-electron chi connectivity index (χ2n) is 4.55. The quantitative estimate of drug-likeness (QED) is 0.806. The van der Waals surface area contributed by atoms with Crippen LogP contribution in [0.15, 0.2) is 18.2 Å². The monoisotopic (exact) mass is 315 g/mol. The van der Waals surface area contributed by atoms with Gasteiger partial charge in [0.15, 0.2) is 11.5 Å². The summed E-state index contributed by atoms with van der Waals surface area (Å²) in [4.78, 5) is 0. The topological polar surface area (TPSA) is 79.9 Å². The molecule has 7 nitrogen and oxygen atoms in total. The van der Waals surface area contributed by atoms with Crippen LogP contribution >= 0.6 is 0 Å². The lowest BCUT2D eigenvalue weighted by molar-refractivity contribution is 0.311. The minimum Gasteiger partial charge on any atom is -0.493 e. The van der Waals surface area contributed by atoms with E-state index in [4.69, 9.17) is 9.47 Å². The van der Waals surface area contributed by atoms with Crippen molar-refractivity contribution < 1.29 is 17.9 Å². The van der Waals surface area contributed by atoms with Gasteiger partial charge in [0.25, 0.3) is 0 Å². The van der Waals surface area contributed by atoms with E-state index in [0.29, 0.717) is 50.0 Å². The maximum Gasteiger partial charge on any atom is 0.301 e. The smallest absolute Gasteiger partial charge is 0.301 e. The van der Waals surface area contributed by atoms with Crippen LogP contribution in [0.2, 0.25) is 0 Å². The summed E-state index contributed by atoms with van der Waals surface area (Å²) in [5.41, 5.74) is 0.456. The van der Waals surface area contributed by atoms with Crippen molar-refractivity contribution in [1.29, 1.82) is 0 Å². The van der Waals surface area contributed by atoms with Crippen LogP contribution in [-0.4, -0.2) is 52.6 Å². The van der Waals surface area contributed by atoms with Crippen LogP contribution in [0.5, 0.6) is 11.5 Å². The van der Waals surface area contributed by atoms with Gasteiger partial charge in [-0.25, -0.2) is 0 Å². The van der Waals surface area contributed by atoms with E-state index < -0.39 is 10.2 Å². The number of nitrogens with zero attached hydrogens (tertiary/aromatic N) is 1. The van der Waals surface area contributed by atoms with Crippen LogP contribution in [-0.2, 0) is 10.2 Å². The van der Waals surface area contributed by atoms with E-state index in [1.165, 1.54) is 4.31 Å². The van der Waals surface area contributed by atoms with E-state index in [1.54, 1.807) is 25.3 Å². The fourth-order valence-electron chi connectivity index (χ4n) is 2.11. The summed E-state index contributed by atoms with van der Waals surface area (Å²) in [5.74, 6) is 1.09. The SMILES string of the molecule is CCOc1cc(NS(=O)(=O)N2CCNCC2)ccc1OC. The molecule has 118 valence electrons. The average molecular weight is 315 g/mol. The highest BCUT2D eigenvalue weighted by Gasteiger charge is 2.23. The molecule has 0 atom stereocenters.